The lowest BCUT2D eigenvalue weighted by atomic mass is 9.81. The molecule has 1 aliphatic heterocycles. The lowest BCUT2D eigenvalue weighted by Gasteiger charge is -2.24. The highest BCUT2D eigenvalue weighted by Gasteiger charge is 2.65. The van der Waals surface area contributed by atoms with E-state index in [1.165, 1.54) is 0 Å². The molecule has 0 N–H and O–H groups in total. The van der Waals surface area contributed by atoms with E-state index >= 15 is 0 Å². The van der Waals surface area contributed by atoms with Gasteiger partial charge in [-0.05, 0) is 24.7 Å². The van der Waals surface area contributed by atoms with E-state index in [9.17, 15) is 18.0 Å². The minimum atomic E-state index is -3.66. The Balaban J connectivity index is 1.99. The molecular formula is C9H9ClO5S. The van der Waals surface area contributed by atoms with Crippen LogP contribution in [0.3, 0.4) is 0 Å². The molecule has 16 heavy (non-hydrogen) atoms. The highest BCUT2D eigenvalue weighted by Crippen LogP contribution is 2.57. The second kappa shape index (κ2) is 2.98. The molecule has 7 heteroatoms. The van der Waals surface area contributed by atoms with E-state index < -0.39 is 38.1 Å². The number of fused-ring (bicyclic) bond motifs is 5. The molecule has 88 valence electrons. The summed E-state index contributed by atoms with van der Waals surface area (Å²) in [6.07, 6.45) is 0.965. The lowest BCUT2D eigenvalue weighted by Crippen LogP contribution is -2.36. The summed E-state index contributed by atoms with van der Waals surface area (Å²) in [7, 11) is 1.68. The van der Waals surface area contributed by atoms with Crippen LogP contribution in [0.4, 0.5) is 0 Å². The predicted octanol–water partition coefficient (Wildman–Crippen LogP) is 0.279. The van der Waals surface area contributed by atoms with E-state index in [1.807, 2.05) is 0 Å². The van der Waals surface area contributed by atoms with Crippen LogP contribution in [0.1, 0.15) is 12.8 Å². The molecule has 1 heterocycles. The van der Waals surface area contributed by atoms with Crippen molar-refractivity contribution in [3.05, 3.63) is 0 Å². The van der Waals surface area contributed by atoms with Gasteiger partial charge in [-0.2, -0.15) is 0 Å². The quantitative estimate of drug-likeness (QED) is 0.386. The topological polar surface area (TPSA) is 77.5 Å². The van der Waals surface area contributed by atoms with Crippen LogP contribution in [0, 0.1) is 23.7 Å². The number of hydrogen-bond donors (Lipinski definition) is 0. The highest BCUT2D eigenvalue weighted by atomic mass is 35.7. The van der Waals surface area contributed by atoms with Crippen LogP contribution in [-0.2, 0) is 23.4 Å². The number of cyclic esters (lactones) is 2. The first kappa shape index (κ1) is 10.5. The fourth-order valence-electron chi connectivity index (χ4n) is 3.52. The van der Waals surface area contributed by atoms with Gasteiger partial charge in [0.1, 0.15) is 0 Å². The summed E-state index contributed by atoms with van der Waals surface area (Å²) < 4.78 is 27.2. The lowest BCUT2D eigenvalue weighted by molar-refractivity contribution is -0.154. The predicted molar refractivity (Wildman–Crippen MR) is 52.9 cm³/mol. The summed E-state index contributed by atoms with van der Waals surface area (Å²) >= 11 is 0. The smallest absolute Gasteiger partial charge is 0.317 e. The molecule has 3 rings (SSSR count). The second-order valence-electron chi connectivity index (χ2n) is 4.70. The number of carbonyl (C=O) groups is 2. The molecule has 0 spiro atoms. The van der Waals surface area contributed by atoms with E-state index in [0.717, 1.165) is 0 Å². The van der Waals surface area contributed by atoms with Gasteiger partial charge in [-0.1, -0.05) is 0 Å². The van der Waals surface area contributed by atoms with Crippen molar-refractivity contribution in [1.82, 2.24) is 0 Å². The van der Waals surface area contributed by atoms with Crippen LogP contribution < -0.4 is 0 Å². The van der Waals surface area contributed by atoms with Crippen molar-refractivity contribution in [3.8, 4) is 0 Å². The molecule has 0 radical (unpaired) electrons. The molecule has 5 atom stereocenters. The van der Waals surface area contributed by atoms with E-state index in [4.69, 9.17) is 10.7 Å². The first-order valence-corrected chi connectivity index (χ1v) is 7.46. The third kappa shape index (κ3) is 1.20. The van der Waals surface area contributed by atoms with Gasteiger partial charge in [0.2, 0.25) is 9.05 Å². The van der Waals surface area contributed by atoms with E-state index in [-0.39, 0.29) is 11.8 Å². The molecule has 3 aliphatic rings. The Kier molecular flexibility index (Phi) is 1.96. The average Bonchev–Trinajstić information content (AvgIpc) is 2.76. The maximum atomic E-state index is 11.4. The Bertz CT molecular complexity index is 484. The van der Waals surface area contributed by atoms with Crippen molar-refractivity contribution in [2.45, 2.75) is 18.1 Å². The largest absolute Gasteiger partial charge is 0.393 e. The van der Waals surface area contributed by atoms with Crippen molar-refractivity contribution < 1.29 is 22.7 Å². The molecule has 5 unspecified atom stereocenters. The van der Waals surface area contributed by atoms with Gasteiger partial charge in [-0.15, -0.1) is 0 Å². The third-order valence-corrected chi connectivity index (χ3v) is 6.00. The fourth-order valence-corrected chi connectivity index (χ4v) is 5.31. The summed E-state index contributed by atoms with van der Waals surface area (Å²) in [6.45, 7) is 0. The van der Waals surface area contributed by atoms with Crippen LogP contribution in [-0.4, -0.2) is 25.6 Å². The maximum absolute atomic E-state index is 11.4. The molecule has 2 saturated carbocycles. The Hall–Kier alpha value is -0.620. The molecule has 3 fully saturated rings. The van der Waals surface area contributed by atoms with Crippen LogP contribution in [0.2, 0.25) is 0 Å². The van der Waals surface area contributed by atoms with E-state index in [1.54, 1.807) is 0 Å². The molecule has 2 bridgehead atoms. The van der Waals surface area contributed by atoms with Gasteiger partial charge in [0, 0.05) is 10.7 Å². The van der Waals surface area contributed by atoms with Crippen molar-refractivity contribution in [1.29, 1.82) is 0 Å². The van der Waals surface area contributed by atoms with E-state index in [0.29, 0.717) is 12.8 Å². The van der Waals surface area contributed by atoms with Gasteiger partial charge in [0.05, 0.1) is 17.1 Å². The first-order valence-electron chi connectivity index (χ1n) is 5.08. The van der Waals surface area contributed by atoms with Crippen LogP contribution in [0.25, 0.3) is 0 Å². The Morgan fingerprint density at radius 3 is 2.38 bits per heavy atom. The van der Waals surface area contributed by atoms with E-state index in [2.05, 4.69) is 4.74 Å². The summed E-state index contributed by atoms with van der Waals surface area (Å²) in [5.41, 5.74) is 0. The molecule has 1 saturated heterocycles. The van der Waals surface area contributed by atoms with Gasteiger partial charge < -0.3 is 4.74 Å². The van der Waals surface area contributed by atoms with Crippen LogP contribution >= 0.6 is 10.7 Å². The average molecular weight is 265 g/mol. The van der Waals surface area contributed by atoms with Crippen LogP contribution in [0.15, 0.2) is 0 Å². The zero-order valence-electron chi connectivity index (χ0n) is 8.13. The number of hydrogen-bond acceptors (Lipinski definition) is 5. The summed E-state index contributed by atoms with van der Waals surface area (Å²) in [5.74, 6) is -2.47. The summed E-state index contributed by atoms with van der Waals surface area (Å²) in [5, 5.41) is -0.695. The number of rotatable bonds is 1. The van der Waals surface area contributed by atoms with Crippen LogP contribution in [0.5, 0.6) is 0 Å². The van der Waals surface area contributed by atoms with Crippen molar-refractivity contribution in [2.24, 2.45) is 23.7 Å². The third-order valence-electron chi connectivity index (χ3n) is 4.05. The Morgan fingerprint density at radius 1 is 1.12 bits per heavy atom. The zero-order chi connectivity index (χ0) is 11.7. The number of halogens is 1. The SMILES string of the molecule is O=C1OC(=O)C2C3CC(CC3S(=O)(=O)Cl)C12. The van der Waals surface area contributed by atoms with Gasteiger partial charge in [-0.3, -0.25) is 9.59 Å². The van der Waals surface area contributed by atoms with Gasteiger partial charge in [0.15, 0.2) is 0 Å². The second-order valence-corrected chi connectivity index (χ2v) is 7.55. The van der Waals surface area contributed by atoms with Crippen molar-refractivity contribution in [3.63, 3.8) is 0 Å². The zero-order valence-corrected chi connectivity index (χ0v) is 9.70. The van der Waals surface area contributed by atoms with Gasteiger partial charge in [-0.25, -0.2) is 8.42 Å². The Labute approximate surface area is 96.5 Å². The molecular weight excluding hydrogens is 256 g/mol. The number of carbonyl (C=O) groups excluding carboxylic acids is 2. The minimum absolute atomic E-state index is 0.0625. The Morgan fingerprint density at radius 2 is 1.75 bits per heavy atom. The van der Waals surface area contributed by atoms with Gasteiger partial charge in [0.25, 0.3) is 0 Å². The normalized spacial score (nSPS) is 45.9. The molecule has 0 aromatic rings. The molecule has 0 amide bonds. The minimum Gasteiger partial charge on any atom is -0.393 e. The van der Waals surface area contributed by atoms with Crippen molar-refractivity contribution in [2.75, 3.05) is 0 Å². The highest BCUT2D eigenvalue weighted by molar-refractivity contribution is 8.14. The maximum Gasteiger partial charge on any atom is 0.317 e. The first-order chi connectivity index (χ1) is 7.39. The molecule has 2 aliphatic carbocycles. The summed E-state index contributed by atoms with van der Waals surface area (Å²) in [6, 6.07) is 0. The molecule has 0 aromatic heterocycles. The fraction of sp³-hybridized carbons (Fsp3) is 0.778. The monoisotopic (exact) mass is 264 g/mol. The number of ether oxygens (including phenoxy) is 1. The van der Waals surface area contributed by atoms with Gasteiger partial charge >= 0.3 is 11.9 Å². The molecule has 0 aromatic carbocycles. The summed E-state index contributed by atoms with van der Waals surface area (Å²) in [4.78, 5) is 22.8. The molecule has 5 nitrogen and oxygen atoms in total. The number of esters is 2. The standard InChI is InChI=1S/C9H9ClO5S/c10-16(13,14)5-2-3-1-4(5)7-6(3)8(11)15-9(7)12/h3-7H,1-2H2. The van der Waals surface area contributed by atoms with Crippen molar-refractivity contribution >= 4 is 31.7 Å².